The first-order valence-electron chi connectivity index (χ1n) is 6.06. The van der Waals surface area contributed by atoms with Crippen LogP contribution in [-0.2, 0) is 0 Å². The van der Waals surface area contributed by atoms with Gasteiger partial charge in [-0.25, -0.2) is 8.78 Å². The Bertz CT molecular complexity index is 457. The fraction of sp³-hybridized carbons (Fsp3) is 0.500. The van der Waals surface area contributed by atoms with Gasteiger partial charge in [0.2, 0.25) is 0 Å². The molecule has 2 nitrogen and oxygen atoms in total. The van der Waals surface area contributed by atoms with E-state index in [1.807, 2.05) is 0 Å². The molecule has 0 fully saturated rings. The van der Waals surface area contributed by atoms with Crippen molar-refractivity contribution in [2.24, 2.45) is 5.41 Å². The maximum Gasteiger partial charge on any atom is 0.254 e. The second-order valence-corrected chi connectivity index (χ2v) is 6.99. The van der Waals surface area contributed by atoms with Crippen LogP contribution >= 0.6 is 15.9 Å². The predicted octanol–water partition coefficient (Wildman–Crippen LogP) is 3.89. The van der Waals surface area contributed by atoms with E-state index in [1.165, 1.54) is 0 Å². The van der Waals surface area contributed by atoms with Gasteiger partial charge in [0.15, 0.2) is 0 Å². The number of hydrogen-bond donors (Lipinski definition) is 1. The number of carbonyl (C=O) groups is 1. The molecule has 1 unspecified atom stereocenters. The molecule has 0 radical (unpaired) electrons. The summed E-state index contributed by atoms with van der Waals surface area (Å²) in [6.45, 7) is 6.70. The highest BCUT2D eigenvalue weighted by Crippen LogP contribution is 2.24. The largest absolute Gasteiger partial charge is 0.351 e. The first-order chi connectivity index (χ1) is 8.69. The zero-order valence-corrected chi connectivity index (χ0v) is 12.9. The maximum absolute atomic E-state index is 13.4. The lowest BCUT2D eigenvalue weighted by atomic mass is 9.90. The molecule has 0 bridgehead atoms. The summed E-state index contributed by atoms with van der Waals surface area (Å²) >= 11 is 3.48. The summed E-state index contributed by atoms with van der Waals surface area (Å²) < 4.78 is 26.1. The van der Waals surface area contributed by atoms with Crippen LogP contribution in [0.3, 0.4) is 0 Å². The van der Waals surface area contributed by atoms with Crippen molar-refractivity contribution < 1.29 is 13.6 Å². The first-order valence-corrected chi connectivity index (χ1v) is 6.98. The van der Waals surface area contributed by atoms with Gasteiger partial charge in [0.05, 0.1) is 5.56 Å². The van der Waals surface area contributed by atoms with Crippen molar-refractivity contribution in [3.8, 4) is 0 Å². The van der Waals surface area contributed by atoms with Crippen LogP contribution in [0.5, 0.6) is 0 Å². The van der Waals surface area contributed by atoms with Gasteiger partial charge >= 0.3 is 0 Å². The molecule has 0 heterocycles. The molecule has 1 aromatic carbocycles. The third kappa shape index (κ3) is 5.68. The number of halogens is 3. The monoisotopic (exact) mass is 333 g/mol. The molecule has 0 spiro atoms. The van der Waals surface area contributed by atoms with E-state index < -0.39 is 17.5 Å². The molecule has 0 aliphatic carbocycles. The molecule has 1 N–H and O–H groups in total. The van der Waals surface area contributed by atoms with Crippen LogP contribution in [0.2, 0.25) is 0 Å². The summed E-state index contributed by atoms with van der Waals surface area (Å²) in [7, 11) is 0. The van der Waals surface area contributed by atoms with Gasteiger partial charge < -0.3 is 5.32 Å². The van der Waals surface area contributed by atoms with Crippen molar-refractivity contribution in [1.29, 1.82) is 0 Å². The smallest absolute Gasteiger partial charge is 0.254 e. The minimum Gasteiger partial charge on any atom is -0.351 e. The minimum absolute atomic E-state index is 0.111. The van der Waals surface area contributed by atoms with Crippen LogP contribution in [-0.4, -0.2) is 17.3 Å². The van der Waals surface area contributed by atoms with Crippen molar-refractivity contribution in [1.82, 2.24) is 5.32 Å². The second kappa shape index (κ2) is 6.46. The van der Waals surface area contributed by atoms with Gasteiger partial charge in [-0.05, 0) is 24.0 Å². The molecule has 0 aliphatic heterocycles. The first kappa shape index (κ1) is 16.1. The Hall–Kier alpha value is -0.970. The molecule has 0 saturated heterocycles. The number of rotatable bonds is 4. The third-order valence-corrected chi connectivity index (χ3v) is 3.14. The number of amides is 1. The van der Waals surface area contributed by atoms with Gasteiger partial charge in [-0.1, -0.05) is 36.7 Å². The van der Waals surface area contributed by atoms with E-state index in [9.17, 15) is 13.6 Å². The number of hydrogen-bond acceptors (Lipinski definition) is 1. The quantitative estimate of drug-likeness (QED) is 0.832. The molecule has 1 amide bonds. The van der Waals surface area contributed by atoms with Crippen molar-refractivity contribution in [2.45, 2.75) is 32.0 Å². The maximum atomic E-state index is 13.4. The average Bonchev–Trinajstić information content (AvgIpc) is 2.23. The molecule has 1 atom stereocenters. The lowest BCUT2D eigenvalue weighted by Crippen LogP contribution is -2.31. The number of benzene rings is 1. The van der Waals surface area contributed by atoms with Gasteiger partial charge in [0, 0.05) is 17.4 Å². The van der Waals surface area contributed by atoms with E-state index in [0.29, 0.717) is 12.6 Å². The lowest BCUT2D eigenvalue weighted by molar-refractivity contribution is 0.0948. The molecule has 0 aliphatic rings. The molecule has 1 aromatic rings. The van der Waals surface area contributed by atoms with Crippen molar-refractivity contribution in [3.05, 3.63) is 35.4 Å². The fourth-order valence-corrected chi connectivity index (χ4v) is 2.84. The highest BCUT2D eigenvalue weighted by Gasteiger charge is 2.18. The van der Waals surface area contributed by atoms with E-state index >= 15 is 0 Å². The summed E-state index contributed by atoms with van der Waals surface area (Å²) in [5.41, 5.74) is -0.00289. The Balaban J connectivity index is 2.56. The molecular formula is C14H18BrF2NO. The third-order valence-electron chi connectivity index (χ3n) is 2.49. The zero-order chi connectivity index (χ0) is 14.6. The minimum atomic E-state index is -0.848. The Kier molecular flexibility index (Phi) is 5.47. The van der Waals surface area contributed by atoms with E-state index in [1.54, 1.807) is 0 Å². The molecule has 5 heteroatoms. The molecular weight excluding hydrogens is 316 g/mol. The normalized spacial score (nSPS) is 13.2. The van der Waals surface area contributed by atoms with Crippen LogP contribution in [0, 0.1) is 17.0 Å². The number of alkyl halides is 1. The number of nitrogens with one attached hydrogen (secondary N) is 1. The van der Waals surface area contributed by atoms with Gasteiger partial charge in [0.1, 0.15) is 11.6 Å². The molecule has 19 heavy (non-hydrogen) atoms. The summed E-state index contributed by atoms with van der Waals surface area (Å²) in [6.07, 6.45) is 0.874. The van der Waals surface area contributed by atoms with Crippen molar-refractivity contribution in [3.63, 3.8) is 0 Å². The van der Waals surface area contributed by atoms with Gasteiger partial charge in [0.25, 0.3) is 5.91 Å². The average molecular weight is 334 g/mol. The molecule has 106 valence electrons. The van der Waals surface area contributed by atoms with Gasteiger partial charge in [-0.15, -0.1) is 0 Å². The fourth-order valence-electron chi connectivity index (χ4n) is 1.71. The van der Waals surface area contributed by atoms with Crippen molar-refractivity contribution >= 4 is 21.8 Å². The SMILES string of the molecule is CC(C)(C)CC(Br)CNC(=O)c1ccc(F)cc1F. The zero-order valence-electron chi connectivity index (χ0n) is 11.3. The number of carbonyl (C=O) groups excluding carboxylic acids is 1. The van der Waals surface area contributed by atoms with Gasteiger partial charge in [-0.2, -0.15) is 0 Å². The Morgan fingerprint density at radius 1 is 1.37 bits per heavy atom. The van der Waals surface area contributed by atoms with Crippen LogP contribution in [0.4, 0.5) is 8.78 Å². The van der Waals surface area contributed by atoms with E-state index in [0.717, 1.165) is 18.6 Å². The topological polar surface area (TPSA) is 29.1 Å². The molecule has 0 aromatic heterocycles. The summed E-state index contributed by atoms with van der Waals surface area (Å²) in [5, 5.41) is 2.63. The van der Waals surface area contributed by atoms with E-state index in [4.69, 9.17) is 0 Å². The Morgan fingerprint density at radius 3 is 2.53 bits per heavy atom. The molecule has 1 rings (SSSR count). The van der Waals surface area contributed by atoms with Crippen LogP contribution in [0.1, 0.15) is 37.6 Å². The Morgan fingerprint density at radius 2 is 2.00 bits per heavy atom. The Labute approximate surface area is 120 Å². The van der Waals surface area contributed by atoms with Crippen molar-refractivity contribution in [2.75, 3.05) is 6.54 Å². The van der Waals surface area contributed by atoms with Crippen LogP contribution in [0.15, 0.2) is 18.2 Å². The summed E-state index contributed by atoms with van der Waals surface area (Å²) in [6, 6.07) is 2.92. The van der Waals surface area contributed by atoms with Crippen LogP contribution in [0.25, 0.3) is 0 Å². The molecule has 0 saturated carbocycles. The van der Waals surface area contributed by atoms with Gasteiger partial charge in [-0.3, -0.25) is 4.79 Å². The highest BCUT2D eigenvalue weighted by atomic mass is 79.9. The lowest BCUT2D eigenvalue weighted by Gasteiger charge is -2.22. The summed E-state index contributed by atoms with van der Waals surface area (Å²) in [5.74, 6) is -2.07. The predicted molar refractivity (Wildman–Crippen MR) is 75.5 cm³/mol. The van der Waals surface area contributed by atoms with Crippen LogP contribution < -0.4 is 5.32 Å². The highest BCUT2D eigenvalue weighted by molar-refractivity contribution is 9.09. The summed E-state index contributed by atoms with van der Waals surface area (Å²) in [4.78, 5) is 11.9. The van der Waals surface area contributed by atoms with E-state index in [2.05, 4.69) is 42.0 Å². The second-order valence-electron chi connectivity index (χ2n) is 5.70. The van der Waals surface area contributed by atoms with E-state index in [-0.39, 0.29) is 15.8 Å². The standard InChI is InChI=1S/C14H18BrF2NO/c1-14(2,3)7-9(15)8-18-13(19)11-5-4-10(16)6-12(11)17/h4-6,9H,7-8H2,1-3H3,(H,18,19).